The first-order valence-electron chi connectivity index (χ1n) is 8.06. The third kappa shape index (κ3) is 3.26. The summed E-state index contributed by atoms with van der Waals surface area (Å²) in [5, 5.41) is 7.00. The highest BCUT2D eigenvalue weighted by molar-refractivity contribution is 6.00. The molecule has 1 fully saturated rings. The first-order chi connectivity index (χ1) is 12.5. The molecule has 8 heteroatoms. The molecule has 1 saturated carbocycles. The van der Waals surface area contributed by atoms with E-state index in [4.69, 9.17) is 16.2 Å². The van der Waals surface area contributed by atoms with E-state index in [9.17, 15) is 9.18 Å². The summed E-state index contributed by atoms with van der Waals surface area (Å²) < 4.78 is 20.4. The molecule has 0 unspecified atom stereocenters. The zero-order valence-corrected chi connectivity index (χ0v) is 14.3. The number of methoxy groups -OCH3 is 1. The van der Waals surface area contributed by atoms with Gasteiger partial charge in [0.25, 0.3) is 0 Å². The lowest BCUT2D eigenvalue weighted by Crippen LogP contribution is -2.29. The van der Waals surface area contributed by atoms with E-state index in [1.165, 1.54) is 30.1 Å². The van der Waals surface area contributed by atoms with Crippen LogP contribution in [0.1, 0.15) is 19.8 Å². The zero-order chi connectivity index (χ0) is 18.7. The molecule has 0 saturated heterocycles. The number of carbonyl (C=O) groups is 1. The van der Waals surface area contributed by atoms with E-state index in [1.807, 2.05) is 0 Å². The molecule has 26 heavy (non-hydrogen) atoms. The van der Waals surface area contributed by atoms with Crippen molar-refractivity contribution in [1.29, 1.82) is 0 Å². The molecule has 3 rings (SSSR count). The molecule has 5 N–H and O–H groups in total. The lowest BCUT2D eigenvalue weighted by atomic mass is 9.94. The van der Waals surface area contributed by atoms with Gasteiger partial charge in [0.15, 0.2) is 11.7 Å². The number of benzene rings is 1. The van der Waals surface area contributed by atoms with Crippen LogP contribution in [0.4, 0.5) is 10.2 Å². The molecule has 1 aromatic carbocycles. The third-order valence-corrected chi connectivity index (χ3v) is 4.37. The fourth-order valence-electron chi connectivity index (χ4n) is 2.76. The van der Waals surface area contributed by atoms with Gasteiger partial charge in [-0.25, -0.2) is 9.07 Å². The largest absolute Gasteiger partial charge is 0.483 e. The Bertz CT molecular complexity index is 889. The Morgan fingerprint density at radius 2 is 2.15 bits per heavy atom. The molecule has 1 aliphatic rings. The normalized spacial score (nSPS) is 16.2. The molecular weight excluding hydrogens is 337 g/mol. The number of anilines is 1. The summed E-state index contributed by atoms with van der Waals surface area (Å²) in [5.41, 5.74) is 11.3. The number of carbonyl (C=O) groups excluding carboxylic acids is 1. The molecule has 0 radical (unpaired) electrons. The highest BCUT2D eigenvalue weighted by Gasteiger charge is 2.52. The quantitative estimate of drug-likeness (QED) is 0.541. The second kappa shape index (κ2) is 6.91. The first kappa shape index (κ1) is 17.5. The summed E-state index contributed by atoms with van der Waals surface area (Å²) in [6.07, 6.45) is 5.63. The van der Waals surface area contributed by atoms with Crippen LogP contribution in [0.3, 0.4) is 0 Å². The fourth-order valence-corrected chi connectivity index (χ4v) is 2.76. The Morgan fingerprint density at radius 1 is 1.42 bits per heavy atom. The van der Waals surface area contributed by atoms with E-state index in [-0.39, 0.29) is 19.0 Å². The first-order valence-corrected chi connectivity index (χ1v) is 8.06. The minimum atomic E-state index is -0.831. The van der Waals surface area contributed by atoms with Crippen molar-refractivity contribution in [3.05, 3.63) is 66.1 Å². The van der Waals surface area contributed by atoms with Gasteiger partial charge in [0, 0.05) is 31.5 Å². The summed E-state index contributed by atoms with van der Waals surface area (Å²) in [4.78, 5) is 12.7. The SMILES string of the molecule is CO/C(N)=C/C(=C\N)n1ccc(NC(=O)C2(c3ccccc3F)CC2)n1.[HH]. The molecule has 7 nitrogen and oxygen atoms in total. The van der Waals surface area contributed by atoms with Crippen molar-refractivity contribution in [1.82, 2.24) is 9.78 Å². The number of amides is 1. The topological polar surface area (TPSA) is 108 Å². The van der Waals surface area contributed by atoms with Crippen molar-refractivity contribution in [3.63, 3.8) is 0 Å². The number of hydrogen-bond donors (Lipinski definition) is 3. The monoisotopic (exact) mass is 359 g/mol. The predicted octanol–water partition coefficient (Wildman–Crippen LogP) is 2.14. The van der Waals surface area contributed by atoms with Crippen LogP contribution in [-0.2, 0) is 14.9 Å². The van der Waals surface area contributed by atoms with Gasteiger partial charge in [-0.15, -0.1) is 0 Å². The Hall–Kier alpha value is -3.29. The van der Waals surface area contributed by atoms with Gasteiger partial charge in [-0.3, -0.25) is 4.79 Å². The molecule has 0 bridgehead atoms. The summed E-state index contributed by atoms with van der Waals surface area (Å²) in [6, 6.07) is 7.96. The minimum absolute atomic E-state index is 0. The lowest BCUT2D eigenvalue weighted by Gasteiger charge is -2.15. The smallest absolute Gasteiger partial charge is 0.236 e. The Kier molecular flexibility index (Phi) is 4.66. The maximum Gasteiger partial charge on any atom is 0.236 e. The molecule has 1 amide bonds. The number of nitrogens with zero attached hydrogens (tertiary/aromatic N) is 2. The van der Waals surface area contributed by atoms with Crippen LogP contribution < -0.4 is 16.8 Å². The highest BCUT2D eigenvalue weighted by Crippen LogP contribution is 2.49. The van der Waals surface area contributed by atoms with Crippen LogP contribution in [0.5, 0.6) is 0 Å². The average Bonchev–Trinajstić information content (AvgIpc) is 3.33. The number of aromatic nitrogens is 2. The molecule has 138 valence electrons. The van der Waals surface area contributed by atoms with Crippen molar-refractivity contribution < 1.29 is 15.3 Å². The maximum absolute atomic E-state index is 14.1. The van der Waals surface area contributed by atoms with E-state index in [2.05, 4.69) is 10.4 Å². The van der Waals surface area contributed by atoms with Crippen molar-refractivity contribution >= 4 is 17.4 Å². The van der Waals surface area contributed by atoms with Gasteiger partial charge in [-0.1, -0.05) is 18.2 Å². The van der Waals surface area contributed by atoms with Crippen LogP contribution >= 0.6 is 0 Å². The van der Waals surface area contributed by atoms with Crippen LogP contribution in [0.2, 0.25) is 0 Å². The third-order valence-electron chi connectivity index (χ3n) is 4.37. The van der Waals surface area contributed by atoms with E-state index in [0.717, 1.165) is 0 Å². The van der Waals surface area contributed by atoms with Crippen LogP contribution in [-0.4, -0.2) is 22.8 Å². The van der Waals surface area contributed by atoms with Crippen molar-refractivity contribution in [2.24, 2.45) is 11.5 Å². The second-order valence-electron chi connectivity index (χ2n) is 6.00. The van der Waals surface area contributed by atoms with Crippen molar-refractivity contribution in [2.45, 2.75) is 18.3 Å². The molecule has 1 aliphatic carbocycles. The summed E-state index contributed by atoms with van der Waals surface area (Å²) in [6.45, 7) is 0. The molecule has 1 aromatic heterocycles. The molecule has 0 aliphatic heterocycles. The summed E-state index contributed by atoms with van der Waals surface area (Å²) in [5.74, 6) is -0.155. The maximum atomic E-state index is 14.1. The van der Waals surface area contributed by atoms with Crippen LogP contribution in [0.15, 0.2) is 54.7 Å². The second-order valence-corrected chi connectivity index (χ2v) is 6.00. The predicted molar refractivity (Wildman–Crippen MR) is 98.0 cm³/mol. The van der Waals surface area contributed by atoms with E-state index in [1.54, 1.807) is 30.5 Å². The van der Waals surface area contributed by atoms with Crippen LogP contribution in [0, 0.1) is 5.82 Å². The number of allylic oxidation sites excluding steroid dienone is 2. The van der Waals surface area contributed by atoms with Gasteiger partial charge in [0.05, 0.1) is 18.2 Å². The molecule has 1 heterocycles. The van der Waals surface area contributed by atoms with Gasteiger partial charge in [-0.2, -0.15) is 5.10 Å². The molecule has 2 aromatic rings. The number of hydrogen-bond acceptors (Lipinski definition) is 5. The Morgan fingerprint density at radius 3 is 2.77 bits per heavy atom. The fraction of sp³-hybridized carbons (Fsp3) is 0.222. The standard InChI is InChI=1S/C18H20FN5O2.H2/c1-26-15(21)10-12(11-20)24-9-6-16(23-24)22-17(25)18(7-8-18)13-4-2-3-5-14(13)19;/h2-6,9-11H,7-8,20-21H2,1H3,(H,22,23,25);1H/b12-11+,15-10+;. The number of nitrogens with two attached hydrogens (primary N) is 2. The number of nitrogens with one attached hydrogen (secondary N) is 1. The molecule has 0 atom stereocenters. The summed E-state index contributed by atoms with van der Waals surface area (Å²) >= 11 is 0. The number of ether oxygens (including phenoxy) is 1. The average molecular weight is 359 g/mol. The van der Waals surface area contributed by atoms with Crippen molar-refractivity contribution in [3.8, 4) is 0 Å². The van der Waals surface area contributed by atoms with Crippen LogP contribution in [0.25, 0.3) is 5.70 Å². The van der Waals surface area contributed by atoms with E-state index >= 15 is 0 Å². The minimum Gasteiger partial charge on any atom is -0.483 e. The lowest BCUT2D eigenvalue weighted by molar-refractivity contribution is -0.118. The van der Waals surface area contributed by atoms with Gasteiger partial charge < -0.3 is 21.5 Å². The Labute approximate surface area is 151 Å². The molecular formula is C18H22FN5O2. The van der Waals surface area contributed by atoms with Gasteiger partial charge in [0.2, 0.25) is 5.91 Å². The van der Waals surface area contributed by atoms with Gasteiger partial charge in [0.1, 0.15) is 5.82 Å². The Balaban J connectivity index is 0.00000261. The van der Waals surface area contributed by atoms with Gasteiger partial charge >= 0.3 is 0 Å². The van der Waals surface area contributed by atoms with Gasteiger partial charge in [-0.05, 0) is 18.9 Å². The van der Waals surface area contributed by atoms with E-state index in [0.29, 0.717) is 29.9 Å². The summed E-state index contributed by atoms with van der Waals surface area (Å²) in [7, 11) is 1.44. The highest BCUT2D eigenvalue weighted by atomic mass is 19.1. The zero-order valence-electron chi connectivity index (χ0n) is 14.3. The molecule has 0 spiro atoms. The van der Waals surface area contributed by atoms with Crippen molar-refractivity contribution in [2.75, 3.05) is 12.4 Å². The number of halogens is 1. The number of rotatable bonds is 6. The van der Waals surface area contributed by atoms with E-state index < -0.39 is 5.41 Å².